The van der Waals surface area contributed by atoms with Crippen molar-refractivity contribution in [2.45, 2.75) is 18.9 Å². The first-order valence-electron chi connectivity index (χ1n) is 5.67. The number of carbonyl (C=O) groups excluding carboxylic acids is 1. The van der Waals surface area contributed by atoms with Crippen LogP contribution in [0, 0.1) is 17.5 Å². The van der Waals surface area contributed by atoms with Crippen molar-refractivity contribution in [3.63, 3.8) is 0 Å². The molecule has 0 aromatic heterocycles. The van der Waals surface area contributed by atoms with Crippen LogP contribution in [0.15, 0.2) is 12.1 Å². The second kappa shape index (κ2) is 4.97. The number of anilines is 1. The van der Waals surface area contributed by atoms with Crippen molar-refractivity contribution in [3.8, 4) is 0 Å². The molecule has 1 aliphatic rings. The van der Waals surface area contributed by atoms with Gasteiger partial charge in [0.05, 0.1) is 11.7 Å². The Bertz CT molecular complexity index is 479. The van der Waals surface area contributed by atoms with E-state index in [-0.39, 0.29) is 11.6 Å². The molecule has 1 saturated heterocycles. The Morgan fingerprint density at radius 3 is 2.56 bits per heavy atom. The molecule has 0 aliphatic carbocycles. The molecule has 0 spiro atoms. The lowest BCUT2D eigenvalue weighted by Crippen LogP contribution is -2.50. The summed E-state index contributed by atoms with van der Waals surface area (Å²) in [5.41, 5.74) is -0.209. The minimum atomic E-state index is -1.26. The fourth-order valence-corrected chi connectivity index (χ4v) is 2.10. The largest absolute Gasteiger partial charge is 0.309 e. The average molecular weight is 258 g/mol. The van der Waals surface area contributed by atoms with Crippen LogP contribution in [0.2, 0.25) is 0 Å². The molecule has 1 N–H and O–H groups in total. The summed E-state index contributed by atoms with van der Waals surface area (Å²) in [6.07, 6.45) is 1.33. The van der Waals surface area contributed by atoms with E-state index in [1.807, 2.05) is 0 Å². The minimum Gasteiger partial charge on any atom is -0.309 e. The zero-order valence-corrected chi connectivity index (χ0v) is 9.84. The van der Waals surface area contributed by atoms with Crippen LogP contribution in [0.1, 0.15) is 12.8 Å². The molecule has 6 heteroatoms. The first-order valence-corrected chi connectivity index (χ1v) is 5.67. The second-order valence-electron chi connectivity index (χ2n) is 4.19. The number of amides is 1. The van der Waals surface area contributed by atoms with E-state index in [4.69, 9.17) is 0 Å². The van der Waals surface area contributed by atoms with Crippen molar-refractivity contribution < 1.29 is 18.0 Å². The summed E-state index contributed by atoms with van der Waals surface area (Å²) in [6.45, 7) is 0.305. The van der Waals surface area contributed by atoms with E-state index >= 15 is 0 Å². The van der Waals surface area contributed by atoms with Crippen molar-refractivity contribution >= 4 is 11.6 Å². The summed E-state index contributed by atoms with van der Waals surface area (Å²) in [4.78, 5) is 13.1. The maximum Gasteiger partial charge on any atom is 0.244 e. The molecule has 18 heavy (non-hydrogen) atoms. The fraction of sp³-hybridized carbons (Fsp3) is 0.417. The molecule has 3 nitrogen and oxygen atoms in total. The number of rotatable bonds is 2. The number of halogens is 3. The molecule has 1 aliphatic heterocycles. The lowest BCUT2D eigenvalue weighted by molar-refractivity contribution is -0.121. The molecule has 1 fully saturated rings. The lowest BCUT2D eigenvalue weighted by atomic mass is 10.0. The Labute approximate surface area is 103 Å². The van der Waals surface area contributed by atoms with Crippen LogP contribution in [0.5, 0.6) is 0 Å². The van der Waals surface area contributed by atoms with E-state index < -0.39 is 23.5 Å². The van der Waals surface area contributed by atoms with Gasteiger partial charge in [-0.2, -0.15) is 0 Å². The van der Waals surface area contributed by atoms with Gasteiger partial charge in [-0.25, -0.2) is 13.2 Å². The highest BCUT2D eigenvalue weighted by atomic mass is 19.2. The second-order valence-corrected chi connectivity index (χ2v) is 4.19. The van der Waals surface area contributed by atoms with Crippen molar-refractivity contribution in [1.29, 1.82) is 0 Å². The van der Waals surface area contributed by atoms with Gasteiger partial charge in [-0.05, 0) is 19.9 Å². The zero-order valence-electron chi connectivity index (χ0n) is 9.84. The zero-order chi connectivity index (χ0) is 13.3. The summed E-state index contributed by atoms with van der Waals surface area (Å²) < 4.78 is 39.6. The van der Waals surface area contributed by atoms with Crippen LogP contribution < -0.4 is 10.2 Å². The first kappa shape index (κ1) is 12.9. The van der Waals surface area contributed by atoms with Gasteiger partial charge in [0.25, 0.3) is 0 Å². The third-order valence-corrected chi connectivity index (χ3v) is 3.07. The number of benzene rings is 1. The Hall–Kier alpha value is -1.56. The van der Waals surface area contributed by atoms with Gasteiger partial charge in [-0.1, -0.05) is 0 Å². The number of nitrogens with one attached hydrogen (secondary N) is 1. The molecule has 1 atom stereocenters. The maximum absolute atomic E-state index is 13.6. The Morgan fingerprint density at radius 1 is 1.22 bits per heavy atom. The van der Waals surface area contributed by atoms with E-state index in [2.05, 4.69) is 5.32 Å². The van der Waals surface area contributed by atoms with E-state index in [1.54, 1.807) is 7.05 Å². The Balaban J connectivity index is 2.36. The molecule has 1 aromatic carbocycles. The van der Waals surface area contributed by atoms with Crippen LogP contribution in [-0.2, 0) is 4.79 Å². The molecule has 98 valence electrons. The van der Waals surface area contributed by atoms with Gasteiger partial charge in [-0.3, -0.25) is 4.79 Å². The minimum absolute atomic E-state index is 0.209. The predicted molar refractivity (Wildman–Crippen MR) is 60.8 cm³/mol. The third kappa shape index (κ3) is 2.20. The van der Waals surface area contributed by atoms with E-state index in [9.17, 15) is 18.0 Å². The predicted octanol–water partition coefficient (Wildman–Crippen LogP) is 1.82. The molecule has 1 unspecified atom stereocenters. The van der Waals surface area contributed by atoms with Crippen LogP contribution >= 0.6 is 0 Å². The van der Waals surface area contributed by atoms with Gasteiger partial charge >= 0.3 is 0 Å². The number of likely N-dealkylation sites (N-methyl/N-ethyl adjacent to an activating group) is 1. The number of piperidine rings is 1. The number of carbonyl (C=O) groups is 1. The molecule has 2 rings (SSSR count). The first-order chi connectivity index (χ1) is 8.54. The van der Waals surface area contributed by atoms with Crippen molar-refractivity contribution in [2.24, 2.45) is 0 Å². The summed E-state index contributed by atoms with van der Waals surface area (Å²) in [5.74, 6) is -3.68. The fourth-order valence-electron chi connectivity index (χ4n) is 2.10. The molecular weight excluding hydrogens is 245 g/mol. The molecule has 0 radical (unpaired) electrons. The third-order valence-electron chi connectivity index (χ3n) is 3.07. The van der Waals surface area contributed by atoms with Gasteiger partial charge in [0.15, 0.2) is 11.6 Å². The van der Waals surface area contributed by atoms with Crippen LogP contribution in [0.4, 0.5) is 18.9 Å². The molecule has 0 saturated carbocycles. The molecular formula is C12H13F3N2O. The highest BCUT2D eigenvalue weighted by Crippen LogP contribution is 2.26. The summed E-state index contributed by atoms with van der Waals surface area (Å²) >= 11 is 0. The SMILES string of the molecule is CNC1CCCN(c2cc(F)c(F)cc2F)C1=O. The van der Waals surface area contributed by atoms with Gasteiger partial charge in [0.2, 0.25) is 5.91 Å². The maximum atomic E-state index is 13.6. The van der Waals surface area contributed by atoms with Gasteiger partial charge in [0, 0.05) is 18.7 Å². The van der Waals surface area contributed by atoms with E-state index in [0.717, 1.165) is 11.0 Å². The summed E-state index contributed by atoms with van der Waals surface area (Å²) in [6, 6.07) is 0.771. The molecule has 1 amide bonds. The van der Waals surface area contributed by atoms with E-state index in [0.29, 0.717) is 25.5 Å². The number of hydrogen-bond donors (Lipinski definition) is 1. The summed E-state index contributed by atoms with van der Waals surface area (Å²) in [5, 5.41) is 2.82. The van der Waals surface area contributed by atoms with Crippen molar-refractivity contribution in [2.75, 3.05) is 18.5 Å². The van der Waals surface area contributed by atoms with Crippen molar-refractivity contribution in [1.82, 2.24) is 5.32 Å². The number of hydrogen-bond acceptors (Lipinski definition) is 2. The van der Waals surface area contributed by atoms with Crippen LogP contribution in [0.3, 0.4) is 0 Å². The Kier molecular flexibility index (Phi) is 3.56. The van der Waals surface area contributed by atoms with Gasteiger partial charge in [-0.15, -0.1) is 0 Å². The number of nitrogens with zero attached hydrogens (tertiary/aromatic N) is 1. The van der Waals surface area contributed by atoms with Gasteiger partial charge < -0.3 is 10.2 Å². The molecule has 1 heterocycles. The quantitative estimate of drug-likeness (QED) is 0.821. The lowest BCUT2D eigenvalue weighted by Gasteiger charge is -2.32. The molecule has 1 aromatic rings. The highest BCUT2D eigenvalue weighted by Gasteiger charge is 2.30. The van der Waals surface area contributed by atoms with Crippen LogP contribution in [-0.4, -0.2) is 25.5 Å². The monoisotopic (exact) mass is 258 g/mol. The Morgan fingerprint density at radius 2 is 1.89 bits per heavy atom. The summed E-state index contributed by atoms with van der Waals surface area (Å²) in [7, 11) is 1.63. The molecule has 0 bridgehead atoms. The topological polar surface area (TPSA) is 32.3 Å². The average Bonchev–Trinajstić information content (AvgIpc) is 2.34. The van der Waals surface area contributed by atoms with E-state index in [1.165, 1.54) is 0 Å². The highest BCUT2D eigenvalue weighted by molar-refractivity contribution is 5.98. The van der Waals surface area contributed by atoms with Gasteiger partial charge in [0.1, 0.15) is 5.82 Å². The van der Waals surface area contributed by atoms with Crippen LogP contribution in [0.25, 0.3) is 0 Å². The smallest absolute Gasteiger partial charge is 0.244 e. The standard InChI is InChI=1S/C12H13F3N2O/c1-16-10-3-2-4-17(12(10)18)11-6-8(14)7(13)5-9(11)15/h5-6,10,16H,2-4H2,1H3. The van der Waals surface area contributed by atoms with Crippen molar-refractivity contribution in [3.05, 3.63) is 29.6 Å². The normalized spacial score (nSPS) is 20.3.